The van der Waals surface area contributed by atoms with Crippen LogP contribution in [0.5, 0.6) is 11.5 Å². The summed E-state index contributed by atoms with van der Waals surface area (Å²) in [4.78, 5) is 12.3. The van der Waals surface area contributed by atoms with Crippen LogP contribution >= 0.6 is 27.5 Å². The lowest BCUT2D eigenvalue weighted by atomic mass is 10.1. The molecule has 3 rings (SSSR count). The van der Waals surface area contributed by atoms with Gasteiger partial charge < -0.3 is 20.1 Å². The number of hydrogen-bond donors (Lipinski definition) is 2. The molecule has 0 heterocycles. The van der Waals surface area contributed by atoms with Gasteiger partial charge in [-0.15, -0.1) is 0 Å². The maximum absolute atomic E-state index is 12.3. The number of anilines is 2. The average molecular weight is 518 g/mol. The molecule has 0 spiro atoms. The first-order valence-corrected chi connectivity index (χ1v) is 11.3. The highest BCUT2D eigenvalue weighted by Crippen LogP contribution is 2.37. The highest BCUT2D eigenvalue weighted by molar-refractivity contribution is 9.10. The Morgan fingerprint density at radius 1 is 0.969 bits per heavy atom. The molecule has 32 heavy (non-hydrogen) atoms. The molecule has 5 nitrogen and oxygen atoms in total. The third-order valence-electron chi connectivity index (χ3n) is 5.10. The second-order valence-electron chi connectivity index (χ2n) is 7.56. The molecule has 0 atom stereocenters. The SMILES string of the molecule is COc1cc(CNc2ccc(C)c(C)c2)cc(Br)c1OCC(=O)Nc1ccc(C)c(Cl)c1. The lowest BCUT2D eigenvalue weighted by Gasteiger charge is -2.15. The van der Waals surface area contributed by atoms with Crippen molar-refractivity contribution in [1.29, 1.82) is 0 Å². The van der Waals surface area contributed by atoms with Gasteiger partial charge in [0.15, 0.2) is 18.1 Å². The van der Waals surface area contributed by atoms with Crippen LogP contribution in [0.4, 0.5) is 11.4 Å². The van der Waals surface area contributed by atoms with Crippen LogP contribution in [-0.4, -0.2) is 19.6 Å². The monoisotopic (exact) mass is 516 g/mol. The fourth-order valence-corrected chi connectivity index (χ4v) is 3.86. The van der Waals surface area contributed by atoms with Gasteiger partial charge in [-0.25, -0.2) is 0 Å². The van der Waals surface area contributed by atoms with Crippen molar-refractivity contribution in [3.8, 4) is 11.5 Å². The maximum Gasteiger partial charge on any atom is 0.262 e. The van der Waals surface area contributed by atoms with Gasteiger partial charge in [-0.1, -0.05) is 23.7 Å². The van der Waals surface area contributed by atoms with E-state index in [4.69, 9.17) is 21.1 Å². The molecular formula is C25H26BrClN2O3. The molecule has 0 aliphatic rings. The number of benzene rings is 3. The molecule has 2 N–H and O–H groups in total. The molecule has 168 valence electrons. The van der Waals surface area contributed by atoms with E-state index in [1.807, 2.05) is 25.1 Å². The number of ether oxygens (including phenoxy) is 2. The molecule has 0 aliphatic carbocycles. The van der Waals surface area contributed by atoms with E-state index >= 15 is 0 Å². The third-order valence-corrected chi connectivity index (χ3v) is 6.09. The average Bonchev–Trinajstić information content (AvgIpc) is 2.76. The quantitative estimate of drug-likeness (QED) is 0.350. The molecule has 0 bridgehead atoms. The Balaban J connectivity index is 1.64. The highest BCUT2D eigenvalue weighted by atomic mass is 79.9. The Kier molecular flexibility index (Phi) is 8.04. The number of nitrogens with one attached hydrogen (secondary N) is 2. The van der Waals surface area contributed by atoms with Gasteiger partial charge >= 0.3 is 0 Å². The second kappa shape index (κ2) is 10.7. The van der Waals surface area contributed by atoms with E-state index in [9.17, 15) is 4.79 Å². The molecule has 0 saturated carbocycles. The molecule has 0 fully saturated rings. The van der Waals surface area contributed by atoms with E-state index in [1.54, 1.807) is 19.2 Å². The van der Waals surface area contributed by atoms with Crippen LogP contribution in [0.15, 0.2) is 53.0 Å². The zero-order chi connectivity index (χ0) is 23.3. The van der Waals surface area contributed by atoms with Gasteiger partial charge in [0, 0.05) is 22.9 Å². The normalized spacial score (nSPS) is 10.6. The first-order chi connectivity index (χ1) is 15.3. The summed E-state index contributed by atoms with van der Waals surface area (Å²) < 4.78 is 12.0. The van der Waals surface area contributed by atoms with Gasteiger partial charge in [0.25, 0.3) is 5.91 Å². The van der Waals surface area contributed by atoms with Crippen LogP contribution in [0, 0.1) is 20.8 Å². The van der Waals surface area contributed by atoms with Gasteiger partial charge in [0.05, 0.1) is 11.6 Å². The minimum atomic E-state index is -0.292. The van der Waals surface area contributed by atoms with Crippen LogP contribution in [0.25, 0.3) is 0 Å². The van der Waals surface area contributed by atoms with E-state index in [2.05, 4.69) is 58.6 Å². The second-order valence-corrected chi connectivity index (χ2v) is 8.82. The van der Waals surface area contributed by atoms with Gasteiger partial charge in [-0.3, -0.25) is 4.79 Å². The first-order valence-electron chi connectivity index (χ1n) is 10.1. The molecule has 3 aromatic rings. The fraction of sp³-hybridized carbons (Fsp3) is 0.240. The molecule has 7 heteroatoms. The third kappa shape index (κ3) is 6.17. The Morgan fingerprint density at radius 2 is 1.69 bits per heavy atom. The molecule has 0 radical (unpaired) electrons. The molecule has 1 amide bonds. The van der Waals surface area contributed by atoms with E-state index < -0.39 is 0 Å². The predicted octanol–water partition coefficient (Wildman–Crippen LogP) is 6.67. The minimum Gasteiger partial charge on any atom is -0.493 e. The highest BCUT2D eigenvalue weighted by Gasteiger charge is 2.14. The van der Waals surface area contributed by atoms with Crippen molar-refractivity contribution in [2.24, 2.45) is 0 Å². The Morgan fingerprint density at radius 3 is 2.38 bits per heavy atom. The van der Waals surface area contributed by atoms with Crippen LogP contribution < -0.4 is 20.1 Å². The maximum atomic E-state index is 12.3. The largest absolute Gasteiger partial charge is 0.493 e. The number of halogens is 2. The summed E-state index contributed by atoms with van der Waals surface area (Å²) >= 11 is 9.65. The molecule has 0 saturated heterocycles. The van der Waals surface area contributed by atoms with Crippen LogP contribution in [0.2, 0.25) is 5.02 Å². The summed E-state index contributed by atoms with van der Waals surface area (Å²) in [5.41, 5.74) is 6.13. The van der Waals surface area contributed by atoms with Crippen molar-refractivity contribution in [2.75, 3.05) is 24.4 Å². The summed E-state index contributed by atoms with van der Waals surface area (Å²) in [6, 6.07) is 15.5. The first kappa shape index (κ1) is 24.0. The van der Waals surface area contributed by atoms with Crippen molar-refractivity contribution >= 4 is 44.8 Å². The number of carbonyl (C=O) groups excluding carboxylic acids is 1. The number of amides is 1. The van der Waals surface area contributed by atoms with Crippen molar-refractivity contribution in [1.82, 2.24) is 0 Å². The van der Waals surface area contributed by atoms with Crippen LogP contribution in [0.1, 0.15) is 22.3 Å². The standard InChI is InChI=1S/C25H26BrClN2O3/c1-15-5-7-19(9-17(15)3)28-13-18-10-21(26)25(23(11-18)31-4)32-14-24(30)29-20-8-6-16(2)22(27)12-20/h5-12,28H,13-14H2,1-4H3,(H,29,30). The molecule has 0 unspecified atom stereocenters. The summed E-state index contributed by atoms with van der Waals surface area (Å²) in [5, 5.41) is 6.80. The van der Waals surface area contributed by atoms with Gasteiger partial charge in [-0.05, 0) is 95.4 Å². The van der Waals surface area contributed by atoms with E-state index in [-0.39, 0.29) is 12.5 Å². The summed E-state index contributed by atoms with van der Waals surface area (Å²) in [7, 11) is 1.57. The van der Waals surface area contributed by atoms with Crippen LogP contribution in [0.3, 0.4) is 0 Å². The zero-order valence-corrected chi connectivity index (χ0v) is 20.9. The number of aryl methyl sites for hydroxylation is 3. The molecule has 0 aromatic heterocycles. The van der Waals surface area contributed by atoms with Gasteiger partial charge in [0.1, 0.15) is 0 Å². The zero-order valence-electron chi connectivity index (χ0n) is 18.5. The minimum absolute atomic E-state index is 0.166. The number of methoxy groups -OCH3 is 1. The van der Waals surface area contributed by atoms with Gasteiger partial charge in [-0.2, -0.15) is 0 Å². The van der Waals surface area contributed by atoms with Crippen LogP contribution in [-0.2, 0) is 11.3 Å². The lowest BCUT2D eigenvalue weighted by molar-refractivity contribution is -0.118. The molecular weight excluding hydrogens is 492 g/mol. The summed E-state index contributed by atoms with van der Waals surface area (Å²) in [6.07, 6.45) is 0. The topological polar surface area (TPSA) is 59.6 Å². The van der Waals surface area contributed by atoms with Gasteiger partial charge in [0.2, 0.25) is 0 Å². The lowest BCUT2D eigenvalue weighted by Crippen LogP contribution is -2.20. The van der Waals surface area contributed by atoms with Crippen molar-refractivity contribution in [3.05, 3.63) is 80.3 Å². The Hall–Kier alpha value is -2.70. The predicted molar refractivity (Wildman–Crippen MR) is 134 cm³/mol. The number of carbonyl (C=O) groups is 1. The van der Waals surface area contributed by atoms with E-state index in [0.29, 0.717) is 33.2 Å². The molecule has 3 aromatic carbocycles. The fourth-order valence-electron chi connectivity index (χ4n) is 3.08. The van der Waals surface area contributed by atoms with E-state index in [1.165, 1.54) is 11.1 Å². The summed E-state index contributed by atoms with van der Waals surface area (Å²) in [5.74, 6) is 0.723. The van der Waals surface area contributed by atoms with Crippen molar-refractivity contribution in [3.63, 3.8) is 0 Å². The number of hydrogen-bond acceptors (Lipinski definition) is 4. The number of rotatable bonds is 8. The Labute approximate surface area is 202 Å². The van der Waals surface area contributed by atoms with Crippen molar-refractivity contribution in [2.45, 2.75) is 27.3 Å². The van der Waals surface area contributed by atoms with E-state index in [0.717, 1.165) is 16.8 Å². The van der Waals surface area contributed by atoms with Crippen molar-refractivity contribution < 1.29 is 14.3 Å². The Bertz CT molecular complexity index is 1130. The smallest absolute Gasteiger partial charge is 0.262 e. The molecule has 0 aliphatic heterocycles. The summed E-state index contributed by atoms with van der Waals surface area (Å²) in [6.45, 7) is 6.54.